The van der Waals surface area contributed by atoms with Crippen LogP contribution in [0.5, 0.6) is 0 Å². The Bertz CT molecular complexity index is 80.8. The van der Waals surface area contributed by atoms with Crippen molar-refractivity contribution in [2.75, 3.05) is 23.9 Å². The lowest BCUT2D eigenvalue weighted by molar-refractivity contribution is -0.296. The molecule has 11 heavy (non-hydrogen) atoms. The number of halogens is 2. The van der Waals surface area contributed by atoms with Gasteiger partial charge in [0.25, 0.3) is 0 Å². The van der Waals surface area contributed by atoms with E-state index in [1.54, 1.807) is 0 Å². The van der Waals surface area contributed by atoms with E-state index in [-0.39, 0.29) is 0 Å². The Morgan fingerprint density at radius 1 is 1.27 bits per heavy atom. The van der Waals surface area contributed by atoms with E-state index in [4.69, 9.17) is 9.78 Å². The average molecular weight is 290 g/mol. The molecule has 0 rings (SSSR count). The van der Waals surface area contributed by atoms with Gasteiger partial charge in [-0.25, -0.2) is 9.78 Å². The molecule has 0 aromatic rings. The zero-order valence-electron chi connectivity index (χ0n) is 6.69. The maximum absolute atomic E-state index is 4.94. The lowest BCUT2D eigenvalue weighted by atomic mass is 10.1. The Balaban J connectivity index is 3.20. The minimum Gasteiger partial charge on any atom is -0.237 e. The molecule has 0 saturated carbocycles. The fourth-order valence-corrected chi connectivity index (χ4v) is 1.75. The van der Waals surface area contributed by atoms with Gasteiger partial charge in [-0.05, 0) is 19.3 Å². The second-order valence-corrected chi connectivity index (χ2v) is 3.63. The quantitative estimate of drug-likeness (QED) is 0.311. The molecule has 2 nitrogen and oxygen atoms in total. The molecule has 0 N–H and O–H groups in total. The van der Waals surface area contributed by atoms with Gasteiger partial charge in [-0.2, -0.15) is 0 Å². The van der Waals surface area contributed by atoms with Gasteiger partial charge in [0.1, 0.15) is 0 Å². The van der Waals surface area contributed by atoms with Crippen molar-refractivity contribution in [3.05, 3.63) is 0 Å². The first-order valence-corrected chi connectivity index (χ1v) is 5.95. The summed E-state index contributed by atoms with van der Waals surface area (Å²) in [7, 11) is 0. The Kier molecular flexibility index (Phi) is 9.69. The van der Waals surface area contributed by atoms with Gasteiger partial charge in [0.05, 0.1) is 13.2 Å². The van der Waals surface area contributed by atoms with Gasteiger partial charge in [0.2, 0.25) is 0 Å². The lowest BCUT2D eigenvalue weighted by Crippen LogP contribution is -2.12. The molecule has 0 radical (unpaired) electrons. The molecule has 68 valence electrons. The highest BCUT2D eigenvalue weighted by Crippen LogP contribution is 2.09. The minimum atomic E-state index is 0.543. The molecule has 0 aliphatic carbocycles. The molecule has 0 amide bonds. The van der Waals surface area contributed by atoms with Gasteiger partial charge < -0.3 is 0 Å². The van der Waals surface area contributed by atoms with Crippen LogP contribution in [-0.2, 0) is 9.78 Å². The predicted octanol–water partition coefficient (Wildman–Crippen LogP) is 2.75. The minimum absolute atomic E-state index is 0.543. The average Bonchev–Trinajstić information content (AvgIpc) is 2.03. The molecule has 0 spiro atoms. The van der Waals surface area contributed by atoms with Crippen molar-refractivity contribution in [1.82, 2.24) is 0 Å². The molecular weight excluding hydrogens is 276 g/mol. The third kappa shape index (κ3) is 7.25. The normalized spacial score (nSPS) is 13.4. The largest absolute Gasteiger partial charge is 0.237 e. The highest BCUT2D eigenvalue weighted by atomic mass is 79.9. The summed E-state index contributed by atoms with van der Waals surface area (Å²) in [5.41, 5.74) is 0. The summed E-state index contributed by atoms with van der Waals surface area (Å²) in [6.07, 6.45) is 1.11. The molecule has 0 aromatic carbocycles. The fraction of sp³-hybridized carbons (Fsp3) is 1.00. The van der Waals surface area contributed by atoms with Gasteiger partial charge in [-0.15, -0.1) is 0 Å². The smallest absolute Gasteiger partial charge is 0.0858 e. The van der Waals surface area contributed by atoms with Crippen molar-refractivity contribution in [3.8, 4) is 0 Å². The van der Waals surface area contributed by atoms with Crippen LogP contribution < -0.4 is 0 Å². The standard InChI is InChI=1S/C7H14Br2O2/c1-2-10-11-6-7(5-9)3-4-8/h7H,2-6H2,1H3/t7-/m1/s1. The van der Waals surface area contributed by atoms with Gasteiger partial charge in [-0.1, -0.05) is 31.9 Å². The van der Waals surface area contributed by atoms with E-state index < -0.39 is 0 Å². The zero-order valence-corrected chi connectivity index (χ0v) is 9.86. The van der Waals surface area contributed by atoms with Gasteiger partial charge in [-0.3, -0.25) is 0 Å². The first-order chi connectivity index (χ1) is 5.35. The second-order valence-electron chi connectivity index (χ2n) is 2.19. The van der Waals surface area contributed by atoms with Crippen LogP contribution in [0.1, 0.15) is 13.3 Å². The maximum Gasteiger partial charge on any atom is 0.0858 e. The molecule has 0 unspecified atom stereocenters. The molecule has 0 heterocycles. The molecule has 0 aliphatic heterocycles. The number of alkyl halides is 2. The van der Waals surface area contributed by atoms with E-state index in [1.807, 2.05) is 6.92 Å². The van der Waals surface area contributed by atoms with Crippen molar-refractivity contribution in [2.24, 2.45) is 5.92 Å². The third-order valence-electron chi connectivity index (χ3n) is 1.24. The maximum atomic E-state index is 4.94. The SMILES string of the molecule is CCOOC[C@@H](CBr)CCBr. The molecule has 0 bridgehead atoms. The van der Waals surface area contributed by atoms with E-state index in [9.17, 15) is 0 Å². The monoisotopic (exact) mass is 288 g/mol. The van der Waals surface area contributed by atoms with Crippen LogP contribution in [0.15, 0.2) is 0 Å². The van der Waals surface area contributed by atoms with Crippen LogP contribution in [0.3, 0.4) is 0 Å². The summed E-state index contributed by atoms with van der Waals surface area (Å²) >= 11 is 6.80. The zero-order chi connectivity index (χ0) is 8.53. The van der Waals surface area contributed by atoms with Crippen LogP contribution in [0, 0.1) is 5.92 Å². The topological polar surface area (TPSA) is 18.5 Å². The van der Waals surface area contributed by atoms with E-state index in [0.29, 0.717) is 19.1 Å². The Morgan fingerprint density at radius 2 is 2.00 bits per heavy atom. The highest BCUT2D eigenvalue weighted by molar-refractivity contribution is 9.09. The molecule has 0 fully saturated rings. The van der Waals surface area contributed by atoms with Gasteiger partial charge >= 0.3 is 0 Å². The third-order valence-corrected chi connectivity index (χ3v) is 2.61. The van der Waals surface area contributed by atoms with Crippen molar-refractivity contribution in [3.63, 3.8) is 0 Å². The summed E-state index contributed by atoms with van der Waals surface area (Å²) in [5.74, 6) is 0.543. The van der Waals surface area contributed by atoms with Crippen LogP contribution >= 0.6 is 31.9 Å². The Hall–Kier alpha value is 0.880. The van der Waals surface area contributed by atoms with Gasteiger partial charge in [0, 0.05) is 10.7 Å². The van der Waals surface area contributed by atoms with Crippen LogP contribution in [0.25, 0.3) is 0 Å². The van der Waals surface area contributed by atoms with Crippen LogP contribution in [-0.4, -0.2) is 23.9 Å². The van der Waals surface area contributed by atoms with E-state index >= 15 is 0 Å². The summed E-state index contributed by atoms with van der Waals surface area (Å²) in [6.45, 7) is 3.20. The van der Waals surface area contributed by atoms with Crippen molar-refractivity contribution < 1.29 is 9.78 Å². The molecule has 4 heteroatoms. The summed E-state index contributed by atoms with van der Waals surface area (Å²) in [5, 5.41) is 1.98. The van der Waals surface area contributed by atoms with Gasteiger partial charge in [0.15, 0.2) is 0 Å². The first-order valence-electron chi connectivity index (χ1n) is 3.71. The Labute approximate surface area is 84.8 Å². The van der Waals surface area contributed by atoms with Crippen molar-refractivity contribution >= 4 is 31.9 Å². The fourth-order valence-electron chi connectivity index (χ4n) is 0.587. The summed E-state index contributed by atoms with van der Waals surface area (Å²) in [4.78, 5) is 9.71. The number of hydrogen-bond donors (Lipinski definition) is 0. The van der Waals surface area contributed by atoms with Crippen LogP contribution in [0.2, 0.25) is 0 Å². The molecule has 0 saturated heterocycles. The molecule has 1 atom stereocenters. The molecule has 0 aliphatic rings. The predicted molar refractivity (Wildman–Crippen MR) is 53.3 cm³/mol. The van der Waals surface area contributed by atoms with E-state index in [1.165, 1.54) is 0 Å². The lowest BCUT2D eigenvalue weighted by Gasteiger charge is -2.10. The van der Waals surface area contributed by atoms with Crippen molar-refractivity contribution in [1.29, 1.82) is 0 Å². The van der Waals surface area contributed by atoms with E-state index in [0.717, 1.165) is 17.1 Å². The second kappa shape index (κ2) is 8.97. The van der Waals surface area contributed by atoms with E-state index in [2.05, 4.69) is 31.9 Å². The summed E-state index contributed by atoms with van der Waals surface area (Å²) < 4.78 is 0. The first kappa shape index (κ1) is 11.9. The molecule has 0 aromatic heterocycles. The molecular formula is C7H14Br2O2. The van der Waals surface area contributed by atoms with Crippen molar-refractivity contribution in [2.45, 2.75) is 13.3 Å². The Morgan fingerprint density at radius 3 is 2.45 bits per heavy atom. The number of rotatable bonds is 7. The van der Waals surface area contributed by atoms with Crippen LogP contribution in [0.4, 0.5) is 0 Å². The number of hydrogen-bond acceptors (Lipinski definition) is 2. The highest BCUT2D eigenvalue weighted by Gasteiger charge is 2.06. The summed E-state index contributed by atoms with van der Waals surface area (Å²) in [6, 6.07) is 0.